The summed E-state index contributed by atoms with van der Waals surface area (Å²) >= 11 is 0. The van der Waals surface area contributed by atoms with Gasteiger partial charge in [0.25, 0.3) is 0 Å². The molecule has 0 atom stereocenters. The number of hydrogen-bond donors (Lipinski definition) is 2. The molecule has 0 radical (unpaired) electrons. The van der Waals surface area contributed by atoms with Gasteiger partial charge in [0.05, 0.1) is 5.69 Å². The molecule has 2 heterocycles. The van der Waals surface area contributed by atoms with Crippen LogP contribution >= 0.6 is 0 Å². The molecule has 0 amide bonds. The van der Waals surface area contributed by atoms with Gasteiger partial charge in [-0.3, -0.25) is 9.47 Å². The van der Waals surface area contributed by atoms with E-state index in [1.54, 1.807) is 22.8 Å². The van der Waals surface area contributed by atoms with Gasteiger partial charge in [-0.05, 0) is 50.8 Å². The number of nitrogens with zero attached hydrogens (tertiary/aromatic N) is 3. The highest BCUT2D eigenvalue weighted by Gasteiger charge is 2.42. The van der Waals surface area contributed by atoms with Gasteiger partial charge in [-0.2, -0.15) is 8.78 Å². The van der Waals surface area contributed by atoms with Crippen LogP contribution in [0.5, 0.6) is 17.5 Å². The SMILES string of the molecule is Oc1c2c(c(O)n1CCCN1CCN(c3ccccc3OCC(F)(F)C(F)F)CC1)CCCC2. The predicted octanol–water partition coefficient (Wildman–Crippen LogP) is 4.27. The van der Waals surface area contributed by atoms with Crippen LogP contribution in [0.2, 0.25) is 0 Å². The molecular formula is C24H31F4N3O3. The first-order valence-corrected chi connectivity index (χ1v) is 11.7. The molecule has 0 unspecified atom stereocenters. The summed E-state index contributed by atoms with van der Waals surface area (Å²) in [4.78, 5) is 4.27. The van der Waals surface area contributed by atoms with Crippen LogP contribution in [0.1, 0.15) is 30.4 Å². The van der Waals surface area contributed by atoms with E-state index in [-0.39, 0.29) is 17.5 Å². The average molecular weight is 486 g/mol. The molecule has 4 rings (SSSR count). The fourth-order valence-electron chi connectivity index (χ4n) is 4.78. The summed E-state index contributed by atoms with van der Waals surface area (Å²) in [7, 11) is 0. The molecule has 1 aromatic heterocycles. The summed E-state index contributed by atoms with van der Waals surface area (Å²) in [5.74, 6) is -3.66. The minimum atomic E-state index is -4.20. The molecule has 34 heavy (non-hydrogen) atoms. The number of benzene rings is 1. The van der Waals surface area contributed by atoms with E-state index in [2.05, 4.69) is 4.90 Å². The largest absolute Gasteiger partial charge is 0.494 e. The van der Waals surface area contributed by atoms with Gasteiger partial charge in [0.1, 0.15) is 5.75 Å². The third-order valence-corrected chi connectivity index (χ3v) is 6.69. The number of hydrogen-bond acceptors (Lipinski definition) is 5. The predicted molar refractivity (Wildman–Crippen MR) is 121 cm³/mol. The smallest absolute Gasteiger partial charge is 0.340 e. The number of alkyl halides is 4. The molecule has 1 fully saturated rings. The van der Waals surface area contributed by atoms with Crippen LogP contribution in [-0.4, -0.2) is 71.4 Å². The Morgan fingerprint density at radius 1 is 0.912 bits per heavy atom. The van der Waals surface area contributed by atoms with Gasteiger partial charge >= 0.3 is 12.3 Å². The lowest BCUT2D eigenvalue weighted by atomic mass is 9.95. The molecule has 1 aliphatic carbocycles. The molecule has 10 heteroatoms. The Morgan fingerprint density at radius 2 is 1.53 bits per heavy atom. The molecule has 0 saturated carbocycles. The second-order valence-electron chi connectivity index (χ2n) is 8.96. The van der Waals surface area contributed by atoms with Crippen LogP contribution in [-0.2, 0) is 19.4 Å². The van der Waals surface area contributed by atoms with Gasteiger partial charge in [-0.25, -0.2) is 8.78 Å². The molecule has 0 spiro atoms. The minimum Gasteiger partial charge on any atom is -0.494 e. The second-order valence-corrected chi connectivity index (χ2v) is 8.96. The average Bonchev–Trinajstić information content (AvgIpc) is 3.08. The standard InChI is InChI=1S/C24H31F4N3O3/c25-23(26)24(27,28)16-34-20-9-4-3-8-19(20)30-14-12-29(13-15-30)10-5-11-31-21(32)17-6-1-2-7-18(17)22(31)33/h3-4,8-9,23,32-33H,1-2,5-7,10-16H2. The van der Waals surface area contributed by atoms with E-state index < -0.39 is 19.0 Å². The van der Waals surface area contributed by atoms with E-state index in [9.17, 15) is 27.8 Å². The molecule has 1 saturated heterocycles. The van der Waals surface area contributed by atoms with Crippen LogP contribution in [0.3, 0.4) is 0 Å². The Kier molecular flexibility index (Phi) is 7.45. The third-order valence-electron chi connectivity index (χ3n) is 6.69. The van der Waals surface area contributed by atoms with Crippen molar-refractivity contribution in [1.82, 2.24) is 9.47 Å². The molecule has 2 aliphatic rings. The van der Waals surface area contributed by atoms with Crippen molar-refractivity contribution in [2.24, 2.45) is 0 Å². The van der Waals surface area contributed by atoms with Crippen molar-refractivity contribution in [2.45, 2.75) is 51.0 Å². The zero-order valence-corrected chi connectivity index (χ0v) is 19.0. The highest BCUT2D eigenvalue weighted by molar-refractivity contribution is 5.58. The van der Waals surface area contributed by atoms with Crippen molar-refractivity contribution in [3.8, 4) is 17.5 Å². The third kappa shape index (κ3) is 5.21. The van der Waals surface area contributed by atoms with Crippen LogP contribution in [0.25, 0.3) is 0 Å². The Bertz CT molecular complexity index is 945. The molecule has 2 N–H and O–H groups in total. The van der Waals surface area contributed by atoms with E-state index in [0.29, 0.717) is 25.3 Å². The Balaban J connectivity index is 1.28. The molecule has 1 aromatic carbocycles. The summed E-state index contributed by atoms with van der Waals surface area (Å²) in [5.41, 5.74) is 2.37. The zero-order chi connectivity index (χ0) is 24.3. The van der Waals surface area contributed by atoms with E-state index in [1.807, 2.05) is 4.90 Å². The molecule has 1 aliphatic heterocycles. The van der Waals surface area contributed by atoms with Crippen molar-refractivity contribution in [3.05, 3.63) is 35.4 Å². The maximum absolute atomic E-state index is 13.3. The minimum absolute atomic E-state index is 0.166. The lowest BCUT2D eigenvalue weighted by molar-refractivity contribution is -0.148. The van der Waals surface area contributed by atoms with Crippen molar-refractivity contribution in [2.75, 3.05) is 44.2 Å². The Morgan fingerprint density at radius 3 is 2.15 bits per heavy atom. The maximum atomic E-state index is 13.3. The molecule has 188 valence electrons. The molecular weight excluding hydrogens is 454 g/mol. The molecule has 0 bridgehead atoms. The van der Waals surface area contributed by atoms with E-state index in [0.717, 1.165) is 62.9 Å². The number of aromatic nitrogens is 1. The summed E-state index contributed by atoms with van der Waals surface area (Å²) in [6, 6.07) is 6.64. The van der Waals surface area contributed by atoms with Crippen molar-refractivity contribution in [1.29, 1.82) is 0 Å². The molecule has 6 nitrogen and oxygen atoms in total. The van der Waals surface area contributed by atoms with E-state index in [4.69, 9.17) is 4.74 Å². The summed E-state index contributed by atoms with van der Waals surface area (Å²) in [6.45, 7) is 2.70. The number of piperazine rings is 1. The molecule has 2 aromatic rings. The van der Waals surface area contributed by atoms with Crippen LogP contribution in [0.15, 0.2) is 24.3 Å². The summed E-state index contributed by atoms with van der Waals surface area (Å²) < 4.78 is 58.2. The first kappa shape index (κ1) is 24.5. The first-order valence-electron chi connectivity index (χ1n) is 11.7. The zero-order valence-electron chi connectivity index (χ0n) is 19.0. The monoisotopic (exact) mass is 485 g/mol. The number of halogens is 4. The van der Waals surface area contributed by atoms with Crippen molar-refractivity contribution < 1.29 is 32.5 Å². The van der Waals surface area contributed by atoms with Gasteiger partial charge in [0, 0.05) is 43.9 Å². The maximum Gasteiger partial charge on any atom is 0.340 e. The van der Waals surface area contributed by atoms with Gasteiger partial charge in [0.15, 0.2) is 18.4 Å². The van der Waals surface area contributed by atoms with Crippen molar-refractivity contribution in [3.63, 3.8) is 0 Å². The first-order chi connectivity index (χ1) is 16.3. The Hall–Kier alpha value is -2.62. The Labute approximate surface area is 196 Å². The summed E-state index contributed by atoms with van der Waals surface area (Å²) in [5, 5.41) is 21.0. The lowest BCUT2D eigenvalue weighted by Crippen LogP contribution is -2.47. The normalized spacial score (nSPS) is 17.3. The quantitative estimate of drug-likeness (QED) is 0.520. The van der Waals surface area contributed by atoms with Gasteiger partial charge < -0.3 is 19.8 Å². The van der Waals surface area contributed by atoms with E-state index >= 15 is 0 Å². The number of ether oxygens (including phenoxy) is 1. The number of anilines is 1. The van der Waals surface area contributed by atoms with Crippen LogP contribution in [0, 0.1) is 0 Å². The summed E-state index contributed by atoms with van der Waals surface area (Å²) in [6.07, 6.45) is 0.637. The van der Waals surface area contributed by atoms with Crippen LogP contribution < -0.4 is 9.64 Å². The van der Waals surface area contributed by atoms with E-state index in [1.165, 1.54) is 6.07 Å². The van der Waals surface area contributed by atoms with Gasteiger partial charge in [-0.15, -0.1) is 0 Å². The number of para-hydroxylation sites is 2. The number of aromatic hydroxyl groups is 2. The van der Waals surface area contributed by atoms with Crippen molar-refractivity contribution >= 4 is 5.69 Å². The van der Waals surface area contributed by atoms with Gasteiger partial charge in [-0.1, -0.05) is 12.1 Å². The highest BCUT2D eigenvalue weighted by Crippen LogP contribution is 2.38. The number of rotatable bonds is 9. The van der Waals surface area contributed by atoms with Crippen LogP contribution in [0.4, 0.5) is 23.2 Å². The fraction of sp³-hybridized carbons (Fsp3) is 0.583. The fourth-order valence-corrected chi connectivity index (χ4v) is 4.78. The van der Waals surface area contributed by atoms with Gasteiger partial charge in [0.2, 0.25) is 0 Å². The lowest BCUT2D eigenvalue weighted by Gasteiger charge is -2.36. The second kappa shape index (κ2) is 10.3. The topological polar surface area (TPSA) is 61.1 Å². The number of fused-ring (bicyclic) bond motifs is 1. The highest BCUT2D eigenvalue weighted by atomic mass is 19.3.